The van der Waals surface area contributed by atoms with Gasteiger partial charge in [0.2, 0.25) is 0 Å². The normalized spacial score (nSPS) is 22.0. The number of ketones is 2. The van der Waals surface area contributed by atoms with Crippen LogP contribution in [0.4, 0.5) is 10.5 Å². The third kappa shape index (κ3) is 4.59. The first-order valence-electron chi connectivity index (χ1n) is 13.1. The molecule has 0 bridgehead atoms. The Labute approximate surface area is 230 Å². The van der Waals surface area contributed by atoms with E-state index in [9.17, 15) is 34.5 Å². The maximum Gasteiger partial charge on any atom is 0.411 e. The second-order valence-corrected chi connectivity index (χ2v) is 10.9. The summed E-state index contributed by atoms with van der Waals surface area (Å²) >= 11 is 0. The molecule has 3 atom stereocenters. The Bertz CT molecular complexity index is 1500. The zero-order valence-corrected chi connectivity index (χ0v) is 22.1. The molecule has 40 heavy (non-hydrogen) atoms. The largest absolute Gasteiger partial charge is 0.511 e. The first-order valence-corrected chi connectivity index (χ1v) is 13.1. The molecule has 10 heteroatoms. The van der Waals surface area contributed by atoms with Gasteiger partial charge in [0, 0.05) is 17.7 Å². The highest BCUT2D eigenvalue weighted by atomic mass is 16.5. The zero-order chi connectivity index (χ0) is 28.9. The number of nitrogens with one attached hydrogen (secondary N) is 1. The predicted octanol–water partition coefficient (Wildman–Crippen LogP) is 4.34. The van der Waals surface area contributed by atoms with Gasteiger partial charge < -0.3 is 25.8 Å². The van der Waals surface area contributed by atoms with Crippen LogP contribution in [0.25, 0.3) is 11.1 Å². The van der Waals surface area contributed by atoms with E-state index in [-0.39, 0.29) is 29.2 Å². The van der Waals surface area contributed by atoms with E-state index >= 15 is 0 Å². The van der Waals surface area contributed by atoms with Crippen molar-refractivity contribution in [3.05, 3.63) is 70.2 Å². The second kappa shape index (κ2) is 10.2. The number of nitrogens with two attached hydrogens (primary N) is 1. The number of carbonyl (C=O) groups excluding carboxylic acids is 4. The summed E-state index contributed by atoms with van der Waals surface area (Å²) in [6.45, 7) is 4.17. The minimum atomic E-state index is -1.16. The fourth-order valence-electron chi connectivity index (χ4n) is 6.04. The fourth-order valence-corrected chi connectivity index (χ4v) is 6.04. The summed E-state index contributed by atoms with van der Waals surface area (Å²) in [5.74, 6) is -5.49. The summed E-state index contributed by atoms with van der Waals surface area (Å²) in [7, 11) is 0. The van der Waals surface area contributed by atoms with Crippen molar-refractivity contribution in [3.8, 4) is 16.9 Å². The van der Waals surface area contributed by atoms with Gasteiger partial charge in [0.05, 0.1) is 18.1 Å². The van der Waals surface area contributed by atoms with Gasteiger partial charge >= 0.3 is 6.09 Å². The summed E-state index contributed by atoms with van der Waals surface area (Å²) in [5, 5.41) is 34.8. The highest BCUT2D eigenvalue weighted by Crippen LogP contribution is 2.50. The third-order valence-electron chi connectivity index (χ3n) is 7.76. The number of rotatable bonds is 5. The van der Waals surface area contributed by atoms with Gasteiger partial charge in [-0.05, 0) is 65.5 Å². The fraction of sp³-hybridized carbons (Fsp3) is 0.333. The molecule has 2 aromatic carbocycles. The van der Waals surface area contributed by atoms with Crippen molar-refractivity contribution in [2.75, 3.05) is 11.9 Å². The van der Waals surface area contributed by atoms with Crippen molar-refractivity contribution in [2.24, 2.45) is 29.4 Å². The minimum absolute atomic E-state index is 0.0233. The Morgan fingerprint density at radius 3 is 2.40 bits per heavy atom. The molecule has 2 aromatic rings. The summed E-state index contributed by atoms with van der Waals surface area (Å²) in [6.07, 6.45) is 0.0303. The molecular weight excluding hydrogens is 516 g/mol. The first kappa shape index (κ1) is 27.0. The number of hydrogen-bond donors (Lipinski definition) is 5. The van der Waals surface area contributed by atoms with Gasteiger partial charge in [-0.2, -0.15) is 0 Å². The van der Waals surface area contributed by atoms with Crippen LogP contribution >= 0.6 is 0 Å². The van der Waals surface area contributed by atoms with Gasteiger partial charge in [0.25, 0.3) is 5.91 Å². The number of phenols is 1. The van der Waals surface area contributed by atoms with Crippen molar-refractivity contribution in [1.82, 2.24) is 0 Å². The molecule has 3 aliphatic carbocycles. The van der Waals surface area contributed by atoms with Crippen molar-refractivity contribution in [3.63, 3.8) is 0 Å². The molecule has 2 unspecified atom stereocenters. The lowest BCUT2D eigenvalue weighted by Gasteiger charge is -2.41. The van der Waals surface area contributed by atoms with Crippen LogP contribution in [-0.2, 0) is 20.7 Å². The molecule has 10 nitrogen and oxygen atoms in total. The molecule has 0 radical (unpaired) electrons. The molecule has 0 saturated heterocycles. The monoisotopic (exact) mass is 546 g/mol. The lowest BCUT2D eigenvalue weighted by atomic mass is 9.62. The summed E-state index contributed by atoms with van der Waals surface area (Å²) in [4.78, 5) is 50.5. The maximum absolute atomic E-state index is 13.7. The molecular formula is C30H30N2O8. The van der Waals surface area contributed by atoms with Crippen molar-refractivity contribution in [1.29, 1.82) is 0 Å². The number of hydrogen-bond acceptors (Lipinski definition) is 8. The highest BCUT2D eigenvalue weighted by Gasteiger charge is 2.50. The Morgan fingerprint density at radius 2 is 1.75 bits per heavy atom. The average Bonchev–Trinajstić information content (AvgIpc) is 2.87. The van der Waals surface area contributed by atoms with E-state index in [0.717, 1.165) is 5.56 Å². The van der Waals surface area contributed by atoms with E-state index < -0.39 is 58.4 Å². The lowest BCUT2D eigenvalue weighted by Crippen LogP contribution is -2.43. The van der Waals surface area contributed by atoms with E-state index in [0.29, 0.717) is 36.3 Å². The minimum Gasteiger partial charge on any atom is -0.511 e. The number of aliphatic hydroxyl groups is 2. The van der Waals surface area contributed by atoms with Crippen LogP contribution < -0.4 is 11.1 Å². The van der Waals surface area contributed by atoms with Crippen molar-refractivity contribution < 1.29 is 39.2 Å². The molecule has 5 rings (SSSR count). The van der Waals surface area contributed by atoms with E-state index in [2.05, 4.69) is 5.32 Å². The van der Waals surface area contributed by atoms with Gasteiger partial charge in [-0.15, -0.1) is 0 Å². The smallest absolute Gasteiger partial charge is 0.411 e. The number of allylic oxidation sites excluding steroid dienone is 3. The number of phenolic OH excluding ortho intramolecular Hbond substituents is 1. The van der Waals surface area contributed by atoms with E-state index in [1.54, 1.807) is 30.3 Å². The Hall–Kier alpha value is -4.60. The number of benzene rings is 2. The molecule has 3 aliphatic rings. The van der Waals surface area contributed by atoms with Gasteiger partial charge in [0.15, 0.2) is 11.6 Å². The molecule has 6 N–H and O–H groups in total. The van der Waals surface area contributed by atoms with Crippen LogP contribution in [0.1, 0.15) is 42.6 Å². The van der Waals surface area contributed by atoms with Crippen LogP contribution in [0, 0.1) is 23.7 Å². The number of aromatic hydroxyl groups is 1. The number of Topliss-reactive ketones (excluding diaryl/α,β-unsaturated/α-hetero) is 2. The number of primary amides is 1. The molecule has 0 aromatic heterocycles. The van der Waals surface area contributed by atoms with Crippen LogP contribution in [0.3, 0.4) is 0 Å². The van der Waals surface area contributed by atoms with E-state index in [1.807, 2.05) is 13.8 Å². The molecule has 0 heterocycles. The van der Waals surface area contributed by atoms with E-state index in [1.165, 1.54) is 6.07 Å². The van der Waals surface area contributed by atoms with Crippen LogP contribution in [-0.4, -0.2) is 45.5 Å². The highest BCUT2D eigenvalue weighted by molar-refractivity contribution is 6.22. The maximum atomic E-state index is 13.7. The van der Waals surface area contributed by atoms with Crippen molar-refractivity contribution >= 4 is 29.3 Å². The number of carbonyl (C=O) groups is 4. The summed E-state index contributed by atoms with van der Waals surface area (Å²) in [6, 6.07) is 10.1. The molecule has 0 saturated carbocycles. The Morgan fingerprint density at radius 1 is 1.05 bits per heavy atom. The standard InChI is InChI=1S/C30H30N2O8/c1-13(2)12-40-30(39)32-17-5-3-14(4-6-17)18-7-8-20(33)24-19(18)10-15-9-16-11-21(34)25(29(31)38)28(37)23(16)26(35)22(15)27(24)36/h3-8,13,15-16,23,33-35H,9-12H2,1-2H3,(H2,31,38)(H,32,39)/t15?,16-,23?/m0/s1. The predicted molar refractivity (Wildman–Crippen MR) is 145 cm³/mol. The first-order chi connectivity index (χ1) is 19.0. The summed E-state index contributed by atoms with van der Waals surface area (Å²) in [5.41, 5.74) is 7.40. The van der Waals surface area contributed by atoms with Crippen LogP contribution in [0.15, 0.2) is 59.1 Å². The van der Waals surface area contributed by atoms with Crippen molar-refractivity contribution in [2.45, 2.75) is 33.1 Å². The second-order valence-electron chi connectivity index (χ2n) is 10.9. The molecule has 2 amide bonds. The molecule has 0 spiro atoms. The van der Waals surface area contributed by atoms with Crippen LogP contribution in [0.2, 0.25) is 0 Å². The van der Waals surface area contributed by atoms with Gasteiger partial charge in [0.1, 0.15) is 22.8 Å². The lowest BCUT2D eigenvalue weighted by molar-refractivity contribution is -0.126. The molecule has 0 aliphatic heterocycles. The molecule has 0 fully saturated rings. The summed E-state index contributed by atoms with van der Waals surface area (Å²) < 4.78 is 5.15. The zero-order valence-electron chi connectivity index (χ0n) is 22.1. The number of anilines is 1. The third-order valence-corrected chi connectivity index (χ3v) is 7.76. The average molecular weight is 547 g/mol. The quantitative estimate of drug-likeness (QED) is 0.344. The van der Waals surface area contributed by atoms with E-state index in [4.69, 9.17) is 10.5 Å². The number of aliphatic hydroxyl groups excluding tert-OH is 2. The topological polar surface area (TPSA) is 176 Å². The Kier molecular flexibility index (Phi) is 6.87. The van der Waals surface area contributed by atoms with Gasteiger partial charge in [-0.25, -0.2) is 4.79 Å². The van der Waals surface area contributed by atoms with Crippen LogP contribution in [0.5, 0.6) is 5.75 Å². The number of amides is 2. The SMILES string of the molecule is CC(C)COC(=O)Nc1ccc(-c2ccc(O)c3c2CC2C[C@H]4CC(O)=C(C(N)=O)C(=O)C4C(O)=C2C3=O)cc1. The molecule has 208 valence electrons. The number of fused-ring (bicyclic) bond motifs is 3. The Balaban J connectivity index is 1.48. The van der Waals surface area contributed by atoms with Gasteiger partial charge in [-0.1, -0.05) is 32.0 Å². The number of ether oxygens (including phenoxy) is 1. The van der Waals surface area contributed by atoms with Gasteiger partial charge in [-0.3, -0.25) is 19.7 Å².